The van der Waals surface area contributed by atoms with Crippen molar-refractivity contribution in [3.63, 3.8) is 0 Å². The summed E-state index contributed by atoms with van der Waals surface area (Å²) in [4.78, 5) is 14.1. The summed E-state index contributed by atoms with van der Waals surface area (Å²) in [5.41, 5.74) is 0.730. The van der Waals surface area contributed by atoms with Gasteiger partial charge in [-0.05, 0) is 38.2 Å². The van der Waals surface area contributed by atoms with Gasteiger partial charge in [-0.1, -0.05) is 30.3 Å². The smallest absolute Gasteiger partial charge is 0.316 e. The lowest BCUT2D eigenvalue weighted by Gasteiger charge is -2.36. The number of ether oxygens (including phenoxy) is 1. The Bertz CT molecular complexity index is 564. The van der Waals surface area contributed by atoms with Crippen LogP contribution in [-0.4, -0.2) is 47.7 Å². The number of benzene rings is 1. The first-order valence-corrected chi connectivity index (χ1v) is 7.55. The largest absolute Gasteiger partial charge is 0.462 e. The Balaban J connectivity index is 1.64. The van der Waals surface area contributed by atoms with Gasteiger partial charge >= 0.3 is 5.97 Å². The number of esters is 1. The molecule has 3 unspecified atom stereocenters. The van der Waals surface area contributed by atoms with Crippen LogP contribution in [0.1, 0.15) is 41.3 Å². The predicted octanol–water partition coefficient (Wildman–Crippen LogP) is 1.93. The molecule has 0 saturated carbocycles. The number of hydrogen-bond acceptors (Lipinski definition) is 4. The van der Waals surface area contributed by atoms with Crippen LogP contribution in [-0.2, 0) is 9.53 Å². The SMILES string of the molecule is [2H]C([2H])([2H])N1C2CC[C@@H]1CC(OC(=O)C(CO)c1ccccc1)C2. The maximum Gasteiger partial charge on any atom is 0.316 e. The Morgan fingerprint density at radius 1 is 1.38 bits per heavy atom. The van der Waals surface area contributed by atoms with Crippen LogP contribution in [0, 0.1) is 0 Å². The van der Waals surface area contributed by atoms with Crippen LogP contribution in [0.4, 0.5) is 0 Å². The monoisotopic (exact) mass is 292 g/mol. The van der Waals surface area contributed by atoms with Crippen molar-refractivity contribution in [3.8, 4) is 0 Å². The summed E-state index contributed by atoms with van der Waals surface area (Å²) in [7, 11) is 0. The first-order valence-electron chi connectivity index (χ1n) is 9.05. The third kappa shape index (κ3) is 2.97. The molecule has 2 fully saturated rings. The summed E-state index contributed by atoms with van der Waals surface area (Å²) in [6.07, 6.45) is 2.49. The van der Waals surface area contributed by atoms with E-state index in [1.807, 2.05) is 18.2 Å². The Morgan fingerprint density at radius 2 is 2.05 bits per heavy atom. The van der Waals surface area contributed by atoms with Gasteiger partial charge in [0.25, 0.3) is 0 Å². The van der Waals surface area contributed by atoms with Crippen molar-refractivity contribution in [3.05, 3.63) is 35.9 Å². The van der Waals surface area contributed by atoms with Crippen molar-refractivity contribution in [2.45, 2.75) is 49.8 Å². The lowest BCUT2D eigenvalue weighted by Crippen LogP contribution is -2.43. The predicted molar refractivity (Wildman–Crippen MR) is 80.0 cm³/mol. The molecule has 0 spiro atoms. The van der Waals surface area contributed by atoms with Gasteiger partial charge < -0.3 is 14.7 Å². The minimum Gasteiger partial charge on any atom is -0.462 e. The van der Waals surface area contributed by atoms with E-state index in [9.17, 15) is 9.90 Å². The zero-order chi connectivity index (χ0) is 17.3. The van der Waals surface area contributed by atoms with Crippen LogP contribution >= 0.6 is 0 Å². The standard InChI is InChI=1S/C17H23NO3/c1-18-13-7-8-14(18)10-15(9-13)21-17(20)16(11-19)12-5-3-2-4-6-12/h2-6,13-16,19H,7-11H2,1H3/t13-,14?,15?,16?/m1/s1/i1D3. The fraction of sp³-hybridized carbons (Fsp3) is 0.588. The molecule has 4 atom stereocenters. The van der Waals surface area contributed by atoms with Crippen LogP contribution < -0.4 is 0 Å². The van der Waals surface area contributed by atoms with Crippen molar-refractivity contribution < 1.29 is 18.8 Å². The molecule has 2 heterocycles. The molecule has 4 nitrogen and oxygen atoms in total. The number of carbonyl (C=O) groups is 1. The molecule has 0 radical (unpaired) electrons. The van der Waals surface area contributed by atoms with Crippen LogP contribution in [0.25, 0.3) is 0 Å². The van der Waals surface area contributed by atoms with Crippen molar-refractivity contribution in [2.24, 2.45) is 0 Å². The normalized spacial score (nSPS) is 32.8. The van der Waals surface area contributed by atoms with E-state index in [1.54, 1.807) is 17.0 Å². The Hall–Kier alpha value is -1.39. The highest BCUT2D eigenvalue weighted by Gasteiger charge is 2.40. The van der Waals surface area contributed by atoms with Crippen LogP contribution in [0.15, 0.2) is 30.3 Å². The molecule has 1 aromatic carbocycles. The molecule has 2 aliphatic heterocycles. The van der Waals surface area contributed by atoms with Gasteiger partial charge in [-0.3, -0.25) is 4.79 Å². The zero-order valence-corrected chi connectivity index (χ0v) is 11.9. The van der Waals surface area contributed by atoms with Crippen LogP contribution in [0.2, 0.25) is 0 Å². The fourth-order valence-electron chi connectivity index (χ4n) is 3.47. The van der Waals surface area contributed by atoms with Crippen molar-refractivity contribution >= 4 is 5.97 Å². The molecule has 2 saturated heterocycles. The second kappa shape index (κ2) is 6.16. The number of rotatable bonds is 4. The lowest BCUT2D eigenvalue weighted by molar-refractivity contribution is -0.155. The zero-order valence-electron chi connectivity index (χ0n) is 14.9. The molecule has 2 bridgehead atoms. The summed E-state index contributed by atoms with van der Waals surface area (Å²) in [6, 6.07) is 8.97. The highest BCUT2D eigenvalue weighted by molar-refractivity contribution is 5.78. The van der Waals surface area contributed by atoms with Gasteiger partial charge in [0, 0.05) is 16.2 Å². The third-order valence-electron chi connectivity index (χ3n) is 4.64. The van der Waals surface area contributed by atoms with E-state index >= 15 is 0 Å². The molecule has 21 heavy (non-hydrogen) atoms. The summed E-state index contributed by atoms with van der Waals surface area (Å²) < 4.78 is 28.6. The van der Waals surface area contributed by atoms with Crippen molar-refractivity contribution in [1.29, 1.82) is 0 Å². The Morgan fingerprint density at radius 3 is 2.62 bits per heavy atom. The molecule has 0 aromatic heterocycles. The number of piperidine rings is 1. The molecule has 0 aliphatic carbocycles. The fourth-order valence-corrected chi connectivity index (χ4v) is 3.47. The van der Waals surface area contributed by atoms with E-state index in [2.05, 4.69) is 0 Å². The van der Waals surface area contributed by atoms with E-state index in [0.717, 1.165) is 18.4 Å². The van der Waals surface area contributed by atoms with Crippen LogP contribution in [0.3, 0.4) is 0 Å². The van der Waals surface area contributed by atoms with E-state index in [1.165, 1.54) is 0 Å². The Labute approximate surface area is 129 Å². The minimum atomic E-state index is -2.08. The van der Waals surface area contributed by atoms with E-state index in [4.69, 9.17) is 8.85 Å². The van der Waals surface area contributed by atoms with Gasteiger partial charge in [0.05, 0.1) is 6.61 Å². The molecule has 2 aliphatic rings. The van der Waals surface area contributed by atoms with Gasteiger partial charge in [0.2, 0.25) is 0 Å². The van der Waals surface area contributed by atoms with Gasteiger partial charge in [0.1, 0.15) is 12.0 Å². The lowest BCUT2D eigenvalue weighted by atomic mass is 9.98. The topological polar surface area (TPSA) is 49.8 Å². The average Bonchev–Trinajstić information content (AvgIpc) is 2.82. The van der Waals surface area contributed by atoms with E-state index in [0.29, 0.717) is 12.8 Å². The van der Waals surface area contributed by atoms with Gasteiger partial charge in [0.15, 0.2) is 0 Å². The maximum atomic E-state index is 12.4. The van der Waals surface area contributed by atoms with E-state index < -0.39 is 18.9 Å². The second-order valence-corrected chi connectivity index (χ2v) is 5.97. The maximum absolute atomic E-state index is 12.4. The van der Waals surface area contributed by atoms with Crippen LogP contribution in [0.5, 0.6) is 0 Å². The van der Waals surface area contributed by atoms with Crippen molar-refractivity contribution in [1.82, 2.24) is 4.90 Å². The molecule has 3 rings (SSSR count). The summed E-state index contributed by atoms with van der Waals surface area (Å²) in [5.74, 6) is -1.13. The quantitative estimate of drug-likeness (QED) is 0.862. The Kier molecular flexibility index (Phi) is 3.29. The molecule has 1 aromatic rings. The van der Waals surface area contributed by atoms with Gasteiger partial charge in [-0.2, -0.15) is 0 Å². The second-order valence-electron chi connectivity index (χ2n) is 5.97. The summed E-state index contributed by atoms with van der Waals surface area (Å²) >= 11 is 0. The first kappa shape index (κ1) is 11.2. The number of aliphatic hydroxyl groups excluding tert-OH is 1. The number of hydrogen-bond donors (Lipinski definition) is 1. The highest BCUT2D eigenvalue weighted by atomic mass is 16.5. The van der Waals surface area contributed by atoms with Gasteiger partial charge in [-0.15, -0.1) is 0 Å². The highest BCUT2D eigenvalue weighted by Crippen LogP contribution is 2.36. The summed E-state index contributed by atoms with van der Waals surface area (Å²) in [5, 5.41) is 9.56. The van der Waals surface area contributed by atoms with E-state index in [-0.39, 0.29) is 24.8 Å². The molecule has 0 amide bonds. The third-order valence-corrected chi connectivity index (χ3v) is 4.64. The molecular weight excluding hydrogens is 266 g/mol. The molecule has 1 N–H and O–H groups in total. The number of carbonyl (C=O) groups excluding carboxylic acids is 1. The number of aliphatic hydroxyl groups is 1. The molecular formula is C17H23NO3. The number of fused-ring (bicyclic) bond motifs is 2. The average molecular weight is 292 g/mol. The van der Waals surface area contributed by atoms with Gasteiger partial charge in [-0.25, -0.2) is 0 Å². The van der Waals surface area contributed by atoms with Crippen molar-refractivity contribution in [2.75, 3.05) is 13.6 Å². The number of nitrogens with zero attached hydrogens (tertiary/aromatic N) is 1. The first-order chi connectivity index (χ1) is 11.4. The minimum absolute atomic E-state index is 0.0571. The summed E-state index contributed by atoms with van der Waals surface area (Å²) in [6.45, 7) is -2.39. The molecule has 4 heteroatoms. The molecule has 114 valence electrons.